The van der Waals surface area contributed by atoms with E-state index in [9.17, 15) is 50.8 Å². The molecular weight excluding hydrogens is 460 g/mol. The number of benzene rings is 2. The molecule has 0 radical (unpaired) electrons. The predicted octanol–water partition coefficient (Wildman–Crippen LogP) is -0.833. The van der Waals surface area contributed by atoms with E-state index in [0.717, 1.165) is 24.3 Å². The zero-order valence-corrected chi connectivity index (χ0v) is 17.1. The average Bonchev–Trinajstić information content (AvgIpc) is 2.78. The fourth-order valence-electron chi connectivity index (χ4n) is 3.58. The second kappa shape index (κ2) is 8.55. The second-order valence-electron chi connectivity index (χ2n) is 7.61. The van der Waals surface area contributed by atoms with E-state index >= 15 is 0 Å². The van der Waals surface area contributed by atoms with E-state index in [-0.39, 0.29) is 11.1 Å². The number of aromatic hydroxyl groups is 5. The number of aliphatic hydroxyl groups is 4. The minimum atomic E-state index is -1.91. The van der Waals surface area contributed by atoms with Gasteiger partial charge in [-0.15, -0.1) is 0 Å². The number of fused-ring (bicyclic) bond motifs is 1. The Bertz CT molecular complexity index is 1280. The Morgan fingerprint density at radius 1 is 0.853 bits per heavy atom. The molecule has 1 unspecified atom stereocenters. The van der Waals surface area contributed by atoms with Crippen LogP contribution >= 0.6 is 0 Å². The summed E-state index contributed by atoms with van der Waals surface area (Å²) in [5.74, 6) is -4.83. The van der Waals surface area contributed by atoms with Crippen LogP contribution < -0.4 is 10.2 Å². The third-order valence-electron chi connectivity index (χ3n) is 5.33. The molecule has 9 N–H and O–H groups in total. The highest BCUT2D eigenvalue weighted by Crippen LogP contribution is 2.43. The van der Waals surface area contributed by atoms with E-state index in [1.54, 1.807) is 0 Å². The topological polar surface area (TPSA) is 231 Å². The summed E-state index contributed by atoms with van der Waals surface area (Å²) in [6.07, 6.45) is -8.64. The van der Waals surface area contributed by atoms with Crippen LogP contribution in [-0.2, 0) is 4.74 Å². The van der Waals surface area contributed by atoms with Gasteiger partial charge in [0.05, 0.1) is 6.61 Å². The highest BCUT2D eigenvalue weighted by Gasteiger charge is 2.45. The lowest BCUT2D eigenvalue weighted by molar-refractivity contribution is -0.277. The molecule has 4 rings (SSSR count). The first-order chi connectivity index (χ1) is 16.0. The molecule has 1 aromatic heterocycles. The number of aliphatic hydroxyl groups excluding tert-OH is 4. The summed E-state index contributed by atoms with van der Waals surface area (Å²) in [5.41, 5.74) is -1.59. The van der Waals surface area contributed by atoms with Crippen LogP contribution in [0, 0.1) is 0 Å². The first-order valence-corrected chi connectivity index (χ1v) is 9.78. The van der Waals surface area contributed by atoms with Crippen LogP contribution in [0.5, 0.6) is 34.5 Å². The van der Waals surface area contributed by atoms with E-state index in [0.29, 0.717) is 0 Å². The molecule has 2 heterocycles. The van der Waals surface area contributed by atoms with Gasteiger partial charge in [0.25, 0.3) is 0 Å². The lowest BCUT2D eigenvalue weighted by Crippen LogP contribution is -2.60. The summed E-state index contributed by atoms with van der Waals surface area (Å²) in [5, 5.41) is 88.6. The van der Waals surface area contributed by atoms with Crippen molar-refractivity contribution in [1.29, 1.82) is 0 Å². The Balaban J connectivity index is 1.94. The van der Waals surface area contributed by atoms with E-state index in [1.165, 1.54) is 0 Å². The van der Waals surface area contributed by atoms with Crippen LogP contribution in [0.15, 0.2) is 33.5 Å². The van der Waals surface area contributed by atoms with Gasteiger partial charge in [0.1, 0.15) is 46.9 Å². The van der Waals surface area contributed by atoms with Gasteiger partial charge in [-0.1, -0.05) is 0 Å². The number of ether oxygens (including phenoxy) is 2. The van der Waals surface area contributed by atoms with Crippen LogP contribution in [0.25, 0.3) is 22.3 Å². The normalized spacial score (nSPS) is 24.9. The lowest BCUT2D eigenvalue weighted by Gasteiger charge is -2.39. The standard InChI is InChI=1S/C21H20O13/c22-5-12-15(28)17(30)18(31)21(33-12)34-20-16(29)13-8(24)3-7(23)4-11(13)32-19(20)6-1-9(25)14(27)10(26)2-6/h1-4,12,15,17-18,21-28,30-31H,5H2/t12-,15-,17+,18+,21?/m1/s1. The van der Waals surface area contributed by atoms with Crippen molar-refractivity contribution in [3.63, 3.8) is 0 Å². The van der Waals surface area contributed by atoms with E-state index in [2.05, 4.69) is 0 Å². The molecule has 34 heavy (non-hydrogen) atoms. The van der Waals surface area contributed by atoms with Crippen molar-refractivity contribution in [3.05, 3.63) is 34.5 Å². The van der Waals surface area contributed by atoms with Crippen molar-refractivity contribution in [2.24, 2.45) is 0 Å². The molecule has 1 aliphatic rings. The summed E-state index contributed by atoms with van der Waals surface area (Å²) in [4.78, 5) is 13.3. The summed E-state index contributed by atoms with van der Waals surface area (Å²) < 4.78 is 16.3. The van der Waals surface area contributed by atoms with Gasteiger partial charge in [0.2, 0.25) is 17.5 Å². The fraction of sp³-hybridized carbons (Fsp3) is 0.286. The maximum Gasteiger partial charge on any atom is 0.239 e. The van der Waals surface area contributed by atoms with Crippen LogP contribution in [0.3, 0.4) is 0 Å². The number of hydrogen-bond acceptors (Lipinski definition) is 13. The number of hydrogen-bond donors (Lipinski definition) is 9. The summed E-state index contributed by atoms with van der Waals surface area (Å²) in [6, 6.07) is 3.66. The first-order valence-electron chi connectivity index (χ1n) is 9.78. The van der Waals surface area contributed by atoms with Crippen molar-refractivity contribution in [3.8, 4) is 45.8 Å². The van der Waals surface area contributed by atoms with Gasteiger partial charge >= 0.3 is 0 Å². The van der Waals surface area contributed by atoms with Crippen molar-refractivity contribution >= 4 is 11.0 Å². The van der Waals surface area contributed by atoms with Gasteiger partial charge in [-0.05, 0) is 12.1 Å². The Labute approximate surface area is 189 Å². The van der Waals surface area contributed by atoms with Crippen molar-refractivity contribution in [2.75, 3.05) is 6.61 Å². The van der Waals surface area contributed by atoms with Gasteiger partial charge in [-0.2, -0.15) is 0 Å². The van der Waals surface area contributed by atoms with Crippen molar-refractivity contribution in [1.82, 2.24) is 0 Å². The van der Waals surface area contributed by atoms with Crippen molar-refractivity contribution in [2.45, 2.75) is 30.7 Å². The van der Waals surface area contributed by atoms with E-state index in [1.807, 2.05) is 0 Å². The zero-order valence-electron chi connectivity index (χ0n) is 17.1. The predicted molar refractivity (Wildman–Crippen MR) is 111 cm³/mol. The smallest absolute Gasteiger partial charge is 0.239 e. The third-order valence-corrected chi connectivity index (χ3v) is 5.33. The molecule has 13 nitrogen and oxygen atoms in total. The molecule has 0 saturated carbocycles. The largest absolute Gasteiger partial charge is 0.508 e. The third kappa shape index (κ3) is 3.81. The second-order valence-corrected chi connectivity index (χ2v) is 7.61. The fourth-order valence-corrected chi connectivity index (χ4v) is 3.58. The Kier molecular flexibility index (Phi) is 5.89. The van der Waals surface area contributed by atoms with E-state index in [4.69, 9.17) is 13.9 Å². The van der Waals surface area contributed by atoms with Gasteiger partial charge in [-0.3, -0.25) is 4.79 Å². The summed E-state index contributed by atoms with van der Waals surface area (Å²) in [7, 11) is 0. The number of rotatable bonds is 4. The first kappa shape index (κ1) is 23.4. The molecule has 5 atom stereocenters. The Morgan fingerprint density at radius 3 is 2.12 bits per heavy atom. The quantitative estimate of drug-likeness (QED) is 0.208. The molecule has 0 spiro atoms. The molecule has 182 valence electrons. The molecule has 0 amide bonds. The molecule has 1 saturated heterocycles. The molecular formula is C21H20O13. The minimum Gasteiger partial charge on any atom is -0.508 e. The zero-order chi connectivity index (χ0) is 24.9. The minimum absolute atomic E-state index is 0.214. The Morgan fingerprint density at radius 2 is 1.50 bits per heavy atom. The van der Waals surface area contributed by atoms with Gasteiger partial charge in [0, 0.05) is 17.7 Å². The van der Waals surface area contributed by atoms with Crippen molar-refractivity contribution < 1.29 is 59.8 Å². The van der Waals surface area contributed by atoms with Gasteiger partial charge < -0.3 is 59.8 Å². The molecule has 2 aromatic carbocycles. The lowest BCUT2D eigenvalue weighted by atomic mass is 9.99. The number of phenolic OH excluding ortho intramolecular Hbond substituents is 5. The molecule has 0 bridgehead atoms. The van der Waals surface area contributed by atoms with Crippen LogP contribution in [-0.4, -0.2) is 83.3 Å². The van der Waals surface area contributed by atoms with Gasteiger partial charge in [-0.25, -0.2) is 0 Å². The SMILES string of the molecule is O=c1c(OC2O[C@H](CO)[C@@H](O)[C@H](O)[C@@H]2O)c(-c2cc(O)c(O)c(O)c2)oc2cc(O)cc(O)c12. The summed E-state index contributed by atoms with van der Waals surface area (Å²) in [6.45, 7) is -0.774. The molecule has 1 aliphatic heterocycles. The average molecular weight is 480 g/mol. The molecule has 13 heteroatoms. The molecule has 3 aromatic rings. The maximum absolute atomic E-state index is 13.3. The molecule has 0 aliphatic carbocycles. The maximum atomic E-state index is 13.3. The Hall–Kier alpha value is -3.75. The van der Waals surface area contributed by atoms with Crippen LogP contribution in [0.4, 0.5) is 0 Å². The highest BCUT2D eigenvalue weighted by molar-refractivity contribution is 5.88. The monoisotopic (exact) mass is 480 g/mol. The molecule has 1 fully saturated rings. The summed E-state index contributed by atoms with van der Waals surface area (Å²) >= 11 is 0. The van der Waals surface area contributed by atoms with E-state index < -0.39 is 88.4 Å². The number of phenols is 5. The van der Waals surface area contributed by atoms with Crippen LogP contribution in [0.1, 0.15) is 0 Å². The highest BCUT2D eigenvalue weighted by atomic mass is 16.7. The van der Waals surface area contributed by atoms with Crippen LogP contribution in [0.2, 0.25) is 0 Å². The van der Waals surface area contributed by atoms with Gasteiger partial charge in [0.15, 0.2) is 23.0 Å².